The molecular formula is C20H17N3OS. The summed E-state index contributed by atoms with van der Waals surface area (Å²) in [6.07, 6.45) is 4.42. The van der Waals surface area contributed by atoms with Crippen LogP contribution in [0.2, 0.25) is 0 Å². The Morgan fingerprint density at radius 3 is 2.56 bits per heavy atom. The monoisotopic (exact) mass is 347 g/mol. The van der Waals surface area contributed by atoms with E-state index in [0.29, 0.717) is 11.1 Å². The van der Waals surface area contributed by atoms with Crippen LogP contribution in [0.3, 0.4) is 0 Å². The Hall–Kier alpha value is -2.84. The van der Waals surface area contributed by atoms with Gasteiger partial charge >= 0.3 is 0 Å². The molecule has 5 heteroatoms. The Balaban J connectivity index is 1.62. The van der Waals surface area contributed by atoms with Crippen molar-refractivity contribution in [3.8, 4) is 6.07 Å². The minimum Gasteiger partial charge on any atom is -0.335 e. The summed E-state index contributed by atoms with van der Waals surface area (Å²) in [6, 6.07) is 16.6. The van der Waals surface area contributed by atoms with Crippen LogP contribution in [-0.2, 0) is 0 Å². The zero-order valence-corrected chi connectivity index (χ0v) is 14.4. The van der Waals surface area contributed by atoms with Crippen LogP contribution in [-0.4, -0.2) is 23.2 Å². The highest BCUT2D eigenvalue weighted by molar-refractivity contribution is 8.14. The molecule has 0 saturated heterocycles. The first-order valence-corrected chi connectivity index (χ1v) is 9.00. The Bertz CT molecular complexity index is 846. The van der Waals surface area contributed by atoms with Gasteiger partial charge < -0.3 is 5.32 Å². The molecule has 0 radical (unpaired) electrons. The van der Waals surface area contributed by atoms with Crippen molar-refractivity contribution in [3.63, 3.8) is 0 Å². The zero-order valence-electron chi connectivity index (χ0n) is 13.6. The second-order valence-corrected chi connectivity index (χ2v) is 6.61. The number of nitriles is 1. The van der Waals surface area contributed by atoms with Gasteiger partial charge in [0.1, 0.15) is 0 Å². The summed E-state index contributed by atoms with van der Waals surface area (Å²) < 4.78 is 0. The quantitative estimate of drug-likeness (QED) is 0.659. The van der Waals surface area contributed by atoms with Crippen molar-refractivity contribution in [1.29, 1.82) is 5.26 Å². The normalized spacial score (nSPS) is 14.0. The first-order valence-electron chi connectivity index (χ1n) is 8.01. The number of nitrogens with zero attached hydrogens (tertiary/aromatic N) is 2. The molecule has 0 bridgehead atoms. The van der Waals surface area contributed by atoms with Crippen molar-refractivity contribution in [3.05, 3.63) is 71.3 Å². The fraction of sp³-hybridized carbons (Fsp3) is 0.150. The van der Waals surface area contributed by atoms with Gasteiger partial charge in [-0.2, -0.15) is 5.26 Å². The highest BCUT2D eigenvalue weighted by Crippen LogP contribution is 2.17. The third-order valence-corrected chi connectivity index (χ3v) is 4.68. The second kappa shape index (κ2) is 8.32. The third-order valence-electron chi connectivity index (χ3n) is 3.68. The smallest absolute Gasteiger partial charge is 0.185 e. The Morgan fingerprint density at radius 2 is 1.92 bits per heavy atom. The maximum Gasteiger partial charge on any atom is 0.185 e. The summed E-state index contributed by atoms with van der Waals surface area (Å²) in [6.45, 7) is 0.867. The lowest BCUT2D eigenvalue weighted by atomic mass is 10.1. The van der Waals surface area contributed by atoms with E-state index < -0.39 is 0 Å². The lowest BCUT2D eigenvalue weighted by Gasteiger charge is -2.13. The van der Waals surface area contributed by atoms with E-state index in [-0.39, 0.29) is 5.78 Å². The van der Waals surface area contributed by atoms with E-state index in [2.05, 4.69) is 16.4 Å². The van der Waals surface area contributed by atoms with Crippen molar-refractivity contribution in [2.45, 2.75) is 6.42 Å². The highest BCUT2D eigenvalue weighted by Gasteiger charge is 2.07. The number of carbonyl (C=O) groups is 1. The molecule has 1 aliphatic rings. The van der Waals surface area contributed by atoms with Gasteiger partial charge in [0, 0.05) is 23.5 Å². The lowest BCUT2D eigenvalue weighted by Crippen LogP contribution is -2.13. The molecule has 0 spiro atoms. The average molecular weight is 347 g/mol. The molecule has 0 fully saturated rings. The maximum atomic E-state index is 12.3. The number of nitrogens with one attached hydrogen (secondary N) is 1. The van der Waals surface area contributed by atoms with E-state index in [0.717, 1.165) is 35.1 Å². The Labute approximate surface area is 151 Å². The number of benzene rings is 2. The van der Waals surface area contributed by atoms with E-state index >= 15 is 0 Å². The number of aliphatic imine (C=N–C) groups is 1. The summed E-state index contributed by atoms with van der Waals surface area (Å²) in [5, 5.41) is 13.0. The van der Waals surface area contributed by atoms with E-state index in [9.17, 15) is 4.79 Å². The van der Waals surface area contributed by atoms with Crippen molar-refractivity contribution in [2.24, 2.45) is 4.99 Å². The number of rotatable bonds is 4. The van der Waals surface area contributed by atoms with Crippen LogP contribution in [0.1, 0.15) is 27.9 Å². The predicted octanol–water partition coefficient (Wildman–Crippen LogP) is 4.36. The number of hydrogen-bond donors (Lipinski definition) is 1. The topological polar surface area (TPSA) is 65.2 Å². The number of amidine groups is 1. The van der Waals surface area contributed by atoms with Gasteiger partial charge in [0.05, 0.1) is 11.6 Å². The summed E-state index contributed by atoms with van der Waals surface area (Å²) in [5.74, 6) is 1.03. The van der Waals surface area contributed by atoms with Crippen molar-refractivity contribution < 1.29 is 4.79 Å². The van der Waals surface area contributed by atoms with Crippen molar-refractivity contribution in [1.82, 2.24) is 0 Å². The molecular weight excluding hydrogens is 330 g/mol. The molecule has 0 saturated carbocycles. The minimum absolute atomic E-state index is 0.0553. The molecule has 0 atom stereocenters. The Morgan fingerprint density at radius 1 is 1.16 bits per heavy atom. The molecule has 3 rings (SSSR count). The second-order valence-electron chi connectivity index (χ2n) is 5.52. The first-order chi connectivity index (χ1) is 12.2. The van der Waals surface area contributed by atoms with E-state index in [1.165, 1.54) is 0 Å². The molecule has 0 aromatic heterocycles. The van der Waals surface area contributed by atoms with Crippen LogP contribution in [0, 0.1) is 11.3 Å². The number of hydrogen-bond acceptors (Lipinski definition) is 5. The number of thioether (sulfide) groups is 1. The molecule has 25 heavy (non-hydrogen) atoms. The standard InChI is InChI=1S/C20H17N3OS/c21-14-16-4-2-15(3-5-16)6-11-19(24)17-7-9-18(10-8-17)23-20-22-12-1-13-25-20/h2-11H,1,12-13H2,(H,22,23). The average Bonchev–Trinajstić information content (AvgIpc) is 2.68. The van der Waals surface area contributed by atoms with Crippen LogP contribution < -0.4 is 5.32 Å². The van der Waals surface area contributed by atoms with E-state index in [1.807, 2.05) is 36.4 Å². The van der Waals surface area contributed by atoms with Gasteiger partial charge in [0.15, 0.2) is 11.0 Å². The number of allylic oxidation sites excluding steroid dienone is 1. The molecule has 1 N–H and O–H groups in total. The van der Waals surface area contributed by atoms with E-state index in [4.69, 9.17) is 5.26 Å². The molecule has 1 heterocycles. The molecule has 0 aliphatic carbocycles. The third kappa shape index (κ3) is 4.82. The lowest BCUT2D eigenvalue weighted by molar-refractivity contribution is 0.104. The SMILES string of the molecule is N#Cc1ccc(C=CC(=O)c2ccc(NC3=NCCCS3)cc2)cc1. The van der Waals surface area contributed by atoms with Gasteiger partial charge in [0.25, 0.3) is 0 Å². The summed E-state index contributed by atoms with van der Waals surface area (Å²) in [7, 11) is 0. The van der Waals surface area contributed by atoms with Gasteiger partial charge in [-0.25, -0.2) is 0 Å². The van der Waals surface area contributed by atoms with Gasteiger partial charge in [-0.1, -0.05) is 30.0 Å². The van der Waals surface area contributed by atoms with Gasteiger partial charge in [-0.05, 0) is 54.5 Å². The Kier molecular flexibility index (Phi) is 5.65. The summed E-state index contributed by atoms with van der Waals surface area (Å²) in [5.41, 5.74) is 3.06. The van der Waals surface area contributed by atoms with Crippen LogP contribution in [0.5, 0.6) is 0 Å². The molecule has 0 unspecified atom stereocenters. The molecule has 1 aliphatic heterocycles. The largest absolute Gasteiger partial charge is 0.335 e. The fourth-order valence-corrected chi connectivity index (χ4v) is 3.15. The van der Waals surface area contributed by atoms with Gasteiger partial charge in [-0.15, -0.1) is 0 Å². The maximum absolute atomic E-state index is 12.3. The first kappa shape index (κ1) is 17.0. The zero-order chi connectivity index (χ0) is 17.5. The van der Waals surface area contributed by atoms with Crippen LogP contribution in [0.25, 0.3) is 6.08 Å². The van der Waals surface area contributed by atoms with Gasteiger partial charge in [-0.3, -0.25) is 9.79 Å². The van der Waals surface area contributed by atoms with Crippen LogP contribution in [0.4, 0.5) is 5.69 Å². The molecule has 2 aromatic rings. The molecule has 2 aromatic carbocycles. The van der Waals surface area contributed by atoms with E-state index in [1.54, 1.807) is 36.0 Å². The molecule has 124 valence electrons. The van der Waals surface area contributed by atoms with Gasteiger partial charge in [0.2, 0.25) is 0 Å². The predicted molar refractivity (Wildman–Crippen MR) is 104 cm³/mol. The summed E-state index contributed by atoms with van der Waals surface area (Å²) >= 11 is 1.72. The van der Waals surface area contributed by atoms with Crippen molar-refractivity contribution >= 4 is 34.5 Å². The molecule has 0 amide bonds. The fourth-order valence-electron chi connectivity index (χ4n) is 2.31. The minimum atomic E-state index is -0.0553. The number of ketones is 1. The molecule has 4 nitrogen and oxygen atoms in total. The van der Waals surface area contributed by atoms with Crippen molar-refractivity contribution in [2.75, 3.05) is 17.6 Å². The number of carbonyl (C=O) groups excluding carboxylic acids is 1. The van der Waals surface area contributed by atoms with Crippen LogP contribution in [0.15, 0.2) is 59.6 Å². The van der Waals surface area contributed by atoms with Crippen LogP contribution >= 0.6 is 11.8 Å². The summed E-state index contributed by atoms with van der Waals surface area (Å²) in [4.78, 5) is 16.7. The highest BCUT2D eigenvalue weighted by atomic mass is 32.2. The number of anilines is 1.